The lowest BCUT2D eigenvalue weighted by molar-refractivity contribution is 0.672. The molecule has 48 heavy (non-hydrogen) atoms. The lowest BCUT2D eigenvalue weighted by atomic mass is 10.00. The van der Waals surface area contributed by atoms with E-state index in [1.54, 1.807) is 11.3 Å². The van der Waals surface area contributed by atoms with Gasteiger partial charge in [-0.3, -0.25) is 0 Å². The van der Waals surface area contributed by atoms with E-state index < -0.39 is 0 Å². The highest BCUT2D eigenvalue weighted by Crippen LogP contribution is 2.44. The van der Waals surface area contributed by atoms with Gasteiger partial charge in [0, 0.05) is 48.5 Å². The minimum Gasteiger partial charge on any atom is -0.455 e. The Morgan fingerprint density at radius 3 is 1.77 bits per heavy atom. The van der Waals surface area contributed by atoms with Crippen molar-refractivity contribution in [1.82, 2.24) is 19.9 Å². The predicted molar refractivity (Wildman–Crippen MR) is 197 cm³/mol. The summed E-state index contributed by atoms with van der Waals surface area (Å²) < 4.78 is 9.03. The van der Waals surface area contributed by atoms with E-state index in [2.05, 4.69) is 72.8 Å². The Labute approximate surface area is 278 Å². The van der Waals surface area contributed by atoms with Crippen molar-refractivity contribution in [2.45, 2.75) is 0 Å². The van der Waals surface area contributed by atoms with E-state index in [-0.39, 0.29) is 0 Å². The standard InChI is InChI=1S/C42H24N4OS/c1-3-12-25(13-4-1)40-44-41(26-14-5-2-6-15-26)46-42(45-40)28-17-11-16-27(24-28)36-35-31-19-7-9-20-33(31)47-38(35)32-23-22-30-29-18-8-10-21-34(29)48-39(30)37(32)43-36/h1-24H. The van der Waals surface area contributed by atoms with Gasteiger partial charge in [-0.05, 0) is 24.3 Å². The molecule has 0 amide bonds. The first-order chi connectivity index (χ1) is 23.8. The molecule has 0 radical (unpaired) electrons. The van der Waals surface area contributed by atoms with E-state index in [9.17, 15) is 0 Å². The van der Waals surface area contributed by atoms with Gasteiger partial charge in [-0.1, -0.05) is 121 Å². The molecule has 0 aliphatic rings. The number of fused-ring (bicyclic) bond motifs is 9. The predicted octanol–water partition coefficient (Wildman–Crippen LogP) is 11.4. The number of thiophene rings is 1. The molecule has 0 N–H and O–H groups in total. The highest BCUT2D eigenvalue weighted by atomic mass is 32.1. The highest BCUT2D eigenvalue weighted by Gasteiger charge is 2.21. The molecule has 0 saturated heterocycles. The van der Waals surface area contributed by atoms with Crippen LogP contribution in [-0.4, -0.2) is 19.9 Å². The van der Waals surface area contributed by atoms with E-state index in [0.717, 1.165) is 65.5 Å². The van der Waals surface area contributed by atoms with Crippen molar-refractivity contribution in [3.63, 3.8) is 0 Å². The maximum atomic E-state index is 6.63. The number of nitrogens with zero attached hydrogens (tertiary/aromatic N) is 4. The minimum atomic E-state index is 0.602. The van der Waals surface area contributed by atoms with Gasteiger partial charge >= 0.3 is 0 Å². The van der Waals surface area contributed by atoms with E-state index in [4.69, 9.17) is 24.4 Å². The molecular formula is C42H24N4OS. The normalized spacial score (nSPS) is 11.8. The van der Waals surface area contributed by atoms with Gasteiger partial charge in [-0.2, -0.15) is 0 Å². The fourth-order valence-corrected chi connectivity index (χ4v) is 7.85. The number of rotatable bonds is 4. The molecule has 10 aromatic rings. The molecule has 0 aliphatic heterocycles. The van der Waals surface area contributed by atoms with Crippen LogP contribution in [0.1, 0.15) is 0 Å². The Hall–Kier alpha value is -6.24. The van der Waals surface area contributed by atoms with E-state index in [1.807, 2.05) is 72.8 Å². The molecule has 0 atom stereocenters. The second-order valence-corrected chi connectivity index (χ2v) is 12.9. The second kappa shape index (κ2) is 10.7. The van der Waals surface area contributed by atoms with Gasteiger partial charge in [0.15, 0.2) is 17.5 Å². The third-order valence-electron chi connectivity index (χ3n) is 8.91. The average Bonchev–Trinajstić information content (AvgIpc) is 3.75. The molecule has 4 heterocycles. The van der Waals surface area contributed by atoms with Gasteiger partial charge in [0.05, 0.1) is 21.3 Å². The summed E-state index contributed by atoms with van der Waals surface area (Å²) in [6.07, 6.45) is 0. The van der Waals surface area contributed by atoms with Gasteiger partial charge in [0.25, 0.3) is 0 Å². The first kappa shape index (κ1) is 26.9. The first-order valence-corrected chi connectivity index (χ1v) is 16.6. The Bertz CT molecular complexity index is 2780. The topological polar surface area (TPSA) is 64.7 Å². The molecule has 0 aliphatic carbocycles. The molecule has 0 spiro atoms. The summed E-state index contributed by atoms with van der Waals surface area (Å²) in [5.41, 5.74) is 7.22. The smallest absolute Gasteiger partial charge is 0.164 e. The van der Waals surface area contributed by atoms with Crippen molar-refractivity contribution in [1.29, 1.82) is 0 Å². The minimum absolute atomic E-state index is 0.602. The zero-order chi connectivity index (χ0) is 31.6. The van der Waals surface area contributed by atoms with Crippen LogP contribution >= 0.6 is 11.3 Å². The summed E-state index contributed by atoms with van der Waals surface area (Å²) in [5, 5.41) is 5.50. The van der Waals surface area contributed by atoms with E-state index >= 15 is 0 Å². The third-order valence-corrected chi connectivity index (χ3v) is 10.1. The van der Waals surface area contributed by atoms with Crippen molar-refractivity contribution >= 4 is 64.4 Å². The lowest BCUT2D eigenvalue weighted by Gasteiger charge is -2.11. The fourth-order valence-electron chi connectivity index (χ4n) is 6.66. The zero-order valence-corrected chi connectivity index (χ0v) is 26.3. The molecule has 4 aromatic heterocycles. The summed E-state index contributed by atoms with van der Waals surface area (Å²) >= 11 is 1.78. The van der Waals surface area contributed by atoms with Gasteiger partial charge < -0.3 is 4.42 Å². The summed E-state index contributed by atoms with van der Waals surface area (Å²) in [5.74, 6) is 1.86. The molecule has 0 saturated carbocycles. The number of furan rings is 1. The molecule has 0 unspecified atom stereocenters. The average molecular weight is 633 g/mol. The van der Waals surface area contributed by atoms with Crippen molar-refractivity contribution in [3.05, 3.63) is 146 Å². The SMILES string of the molecule is c1ccc(-c2nc(-c3ccccc3)nc(-c3cccc(-c4nc5c(ccc6c7ccccc7sc65)c5oc6ccccc6c45)c3)n2)cc1. The van der Waals surface area contributed by atoms with Gasteiger partial charge in [0.1, 0.15) is 11.2 Å². The van der Waals surface area contributed by atoms with Crippen LogP contribution in [-0.2, 0) is 0 Å². The molecule has 5 nitrogen and oxygen atoms in total. The Morgan fingerprint density at radius 1 is 0.438 bits per heavy atom. The van der Waals surface area contributed by atoms with Crippen LogP contribution < -0.4 is 0 Å². The summed E-state index contributed by atoms with van der Waals surface area (Å²) in [6.45, 7) is 0. The lowest BCUT2D eigenvalue weighted by Crippen LogP contribution is -2.00. The van der Waals surface area contributed by atoms with Gasteiger partial charge in [0.2, 0.25) is 0 Å². The number of hydrogen-bond acceptors (Lipinski definition) is 6. The first-order valence-electron chi connectivity index (χ1n) is 15.8. The highest BCUT2D eigenvalue weighted by molar-refractivity contribution is 7.26. The number of pyridine rings is 1. The van der Waals surface area contributed by atoms with Crippen LogP contribution in [0.5, 0.6) is 0 Å². The molecule has 6 heteroatoms. The second-order valence-electron chi connectivity index (χ2n) is 11.8. The van der Waals surface area contributed by atoms with E-state index in [0.29, 0.717) is 17.5 Å². The number of hydrogen-bond donors (Lipinski definition) is 0. The molecule has 0 bridgehead atoms. The quantitative estimate of drug-likeness (QED) is 0.193. The van der Waals surface area contributed by atoms with Gasteiger partial charge in [-0.15, -0.1) is 11.3 Å². The van der Waals surface area contributed by atoms with Crippen molar-refractivity contribution in [2.24, 2.45) is 0 Å². The fraction of sp³-hybridized carbons (Fsp3) is 0. The summed E-state index contributed by atoms with van der Waals surface area (Å²) in [6, 6.07) is 49.6. The van der Waals surface area contributed by atoms with Crippen molar-refractivity contribution in [2.75, 3.05) is 0 Å². The Balaban J connectivity index is 1.24. The van der Waals surface area contributed by atoms with Gasteiger partial charge in [-0.25, -0.2) is 19.9 Å². The zero-order valence-electron chi connectivity index (χ0n) is 25.5. The van der Waals surface area contributed by atoms with Crippen molar-refractivity contribution in [3.8, 4) is 45.4 Å². The number of benzene rings is 6. The maximum absolute atomic E-state index is 6.63. The van der Waals surface area contributed by atoms with Crippen LogP contribution in [0.4, 0.5) is 0 Å². The monoisotopic (exact) mass is 632 g/mol. The Morgan fingerprint density at radius 2 is 1.02 bits per heavy atom. The summed E-state index contributed by atoms with van der Waals surface area (Å²) in [7, 11) is 0. The molecule has 224 valence electrons. The number of para-hydroxylation sites is 1. The van der Waals surface area contributed by atoms with Crippen molar-refractivity contribution < 1.29 is 4.42 Å². The van der Waals surface area contributed by atoms with Crippen LogP contribution in [0, 0.1) is 0 Å². The van der Waals surface area contributed by atoms with Crippen LogP contribution in [0.25, 0.3) is 98.4 Å². The maximum Gasteiger partial charge on any atom is 0.164 e. The molecule has 10 rings (SSSR count). The number of aromatic nitrogens is 4. The van der Waals surface area contributed by atoms with Crippen LogP contribution in [0.15, 0.2) is 150 Å². The molecule has 6 aromatic carbocycles. The molecular weight excluding hydrogens is 609 g/mol. The third kappa shape index (κ3) is 4.24. The largest absolute Gasteiger partial charge is 0.455 e. The van der Waals surface area contributed by atoms with Crippen LogP contribution in [0.3, 0.4) is 0 Å². The van der Waals surface area contributed by atoms with E-state index in [1.165, 1.54) is 15.5 Å². The summed E-state index contributed by atoms with van der Waals surface area (Å²) in [4.78, 5) is 20.3. The van der Waals surface area contributed by atoms with Crippen LogP contribution in [0.2, 0.25) is 0 Å². The molecule has 0 fully saturated rings. The Kier molecular flexibility index (Phi) is 5.98.